The molecule has 43 heavy (non-hydrogen) atoms. The molecule has 232 valence electrons. The van der Waals surface area contributed by atoms with Crippen molar-refractivity contribution in [3.63, 3.8) is 0 Å². The SMILES string of the molecule is COc1ccc(N=C(C=O)C(CCN(C)c2cccc(CCN3CCN(C(=O)OC(C)(C)C)CC3)c2)=C(N)C(N)=O)cc1. The number of hydrogen-bond donors (Lipinski definition) is 2. The van der Waals surface area contributed by atoms with E-state index in [1.165, 1.54) is 5.56 Å². The Kier molecular flexibility index (Phi) is 11.7. The fraction of sp³-hybridized carbons (Fsp3) is 0.438. The molecule has 1 aliphatic rings. The Balaban J connectivity index is 1.61. The number of rotatable bonds is 12. The Hall–Kier alpha value is -4.38. The number of hydrogen-bond acceptors (Lipinski definition) is 9. The van der Waals surface area contributed by atoms with Crippen LogP contribution in [0.15, 0.2) is 64.8 Å². The molecule has 0 unspecified atom stereocenters. The van der Waals surface area contributed by atoms with Crippen molar-refractivity contribution in [1.82, 2.24) is 9.80 Å². The summed E-state index contributed by atoms with van der Waals surface area (Å²) in [6.07, 6.45) is 1.47. The fourth-order valence-electron chi connectivity index (χ4n) is 4.64. The monoisotopic (exact) mass is 592 g/mol. The average Bonchev–Trinajstić information content (AvgIpc) is 2.99. The maximum atomic E-state index is 12.3. The second-order valence-corrected chi connectivity index (χ2v) is 11.5. The molecule has 0 saturated carbocycles. The van der Waals surface area contributed by atoms with Crippen molar-refractivity contribution >= 4 is 35.4 Å². The van der Waals surface area contributed by atoms with Crippen LogP contribution in [-0.4, -0.2) is 92.8 Å². The van der Waals surface area contributed by atoms with E-state index in [2.05, 4.69) is 22.0 Å². The third kappa shape index (κ3) is 10.1. The lowest BCUT2D eigenvalue weighted by Crippen LogP contribution is -2.50. The summed E-state index contributed by atoms with van der Waals surface area (Å²) in [7, 11) is 3.50. The summed E-state index contributed by atoms with van der Waals surface area (Å²) < 4.78 is 10.7. The van der Waals surface area contributed by atoms with Gasteiger partial charge in [-0.2, -0.15) is 0 Å². The van der Waals surface area contributed by atoms with Gasteiger partial charge in [-0.3, -0.25) is 14.5 Å². The molecule has 2 aromatic rings. The van der Waals surface area contributed by atoms with Crippen LogP contribution in [-0.2, 0) is 20.7 Å². The van der Waals surface area contributed by atoms with Crippen LogP contribution in [0.4, 0.5) is 16.2 Å². The Bertz CT molecular complexity index is 1320. The highest BCUT2D eigenvalue weighted by Crippen LogP contribution is 2.22. The average molecular weight is 593 g/mol. The highest BCUT2D eigenvalue weighted by molar-refractivity contribution is 6.37. The molecule has 2 amide bonds. The number of amides is 2. The number of primary amides is 1. The van der Waals surface area contributed by atoms with Crippen molar-refractivity contribution in [1.29, 1.82) is 0 Å². The number of carbonyl (C=O) groups is 3. The van der Waals surface area contributed by atoms with E-state index in [0.29, 0.717) is 42.9 Å². The van der Waals surface area contributed by atoms with Crippen LogP contribution in [0.25, 0.3) is 0 Å². The first kappa shape index (κ1) is 33.1. The quantitative estimate of drug-likeness (QED) is 0.217. The first-order chi connectivity index (χ1) is 20.4. The van der Waals surface area contributed by atoms with Gasteiger partial charge in [-0.05, 0) is 75.6 Å². The molecule has 1 heterocycles. The second-order valence-electron chi connectivity index (χ2n) is 11.5. The minimum absolute atomic E-state index is 0.0513. The second kappa shape index (κ2) is 15.2. The van der Waals surface area contributed by atoms with Crippen molar-refractivity contribution in [2.45, 2.75) is 39.2 Å². The summed E-state index contributed by atoms with van der Waals surface area (Å²) in [6, 6.07) is 15.1. The molecule has 4 N–H and O–H groups in total. The standard InChI is InChI=1S/C32H44N6O5/c1-32(2,3)43-31(41)38-19-17-37(18-20-38)16-13-23-7-6-8-25(21-23)36(4)15-14-27(29(33)30(34)40)28(22-39)35-24-9-11-26(42-5)12-10-24/h6-12,21-22H,13-20,33H2,1-5H3,(H2,34,40). The summed E-state index contributed by atoms with van der Waals surface area (Å²) in [5.74, 6) is -0.153. The molecule has 1 saturated heterocycles. The minimum atomic E-state index is -0.809. The number of piperazine rings is 1. The summed E-state index contributed by atoms with van der Waals surface area (Å²) in [4.78, 5) is 46.9. The number of aliphatic imine (C=N–C) groups is 1. The van der Waals surface area contributed by atoms with Crippen LogP contribution < -0.4 is 21.1 Å². The summed E-state index contributed by atoms with van der Waals surface area (Å²) >= 11 is 0. The summed E-state index contributed by atoms with van der Waals surface area (Å²) in [5, 5.41) is 0. The van der Waals surface area contributed by atoms with Gasteiger partial charge in [-0.1, -0.05) is 12.1 Å². The van der Waals surface area contributed by atoms with Crippen LogP contribution in [0.5, 0.6) is 5.75 Å². The summed E-state index contributed by atoms with van der Waals surface area (Å²) in [5.41, 5.74) is 13.9. The van der Waals surface area contributed by atoms with Crippen molar-refractivity contribution in [2.75, 3.05) is 58.3 Å². The lowest BCUT2D eigenvalue weighted by atomic mass is 10.0. The number of nitrogens with two attached hydrogens (primary N) is 2. The molecule has 1 fully saturated rings. The number of carbonyl (C=O) groups excluding carboxylic acids is 3. The van der Waals surface area contributed by atoms with Gasteiger partial charge in [0.25, 0.3) is 5.91 Å². The minimum Gasteiger partial charge on any atom is -0.497 e. The number of nitrogens with zero attached hydrogens (tertiary/aromatic N) is 4. The third-order valence-electron chi connectivity index (χ3n) is 7.12. The number of aldehydes is 1. The van der Waals surface area contributed by atoms with Crippen LogP contribution in [0, 0.1) is 0 Å². The lowest BCUT2D eigenvalue weighted by molar-refractivity contribution is -0.114. The van der Waals surface area contributed by atoms with Crippen LogP contribution in [0.1, 0.15) is 32.8 Å². The molecular formula is C32H44N6O5. The smallest absolute Gasteiger partial charge is 0.410 e. The van der Waals surface area contributed by atoms with E-state index in [1.807, 2.05) is 44.9 Å². The molecule has 0 radical (unpaired) electrons. The molecule has 0 aromatic heterocycles. The molecular weight excluding hydrogens is 548 g/mol. The van der Waals surface area contributed by atoms with E-state index in [0.717, 1.165) is 31.7 Å². The first-order valence-corrected chi connectivity index (χ1v) is 14.4. The van der Waals surface area contributed by atoms with Gasteiger partial charge in [0.05, 0.1) is 12.8 Å². The molecule has 1 aliphatic heterocycles. The topological polar surface area (TPSA) is 144 Å². The number of methoxy groups -OCH3 is 1. The predicted molar refractivity (Wildman–Crippen MR) is 169 cm³/mol. The third-order valence-corrected chi connectivity index (χ3v) is 7.12. The molecule has 11 heteroatoms. The van der Waals surface area contributed by atoms with Gasteiger partial charge in [0, 0.05) is 57.6 Å². The van der Waals surface area contributed by atoms with Crippen molar-refractivity contribution < 1.29 is 23.9 Å². The van der Waals surface area contributed by atoms with E-state index in [4.69, 9.17) is 20.9 Å². The first-order valence-electron chi connectivity index (χ1n) is 14.4. The van der Waals surface area contributed by atoms with Gasteiger partial charge in [0.1, 0.15) is 22.8 Å². The van der Waals surface area contributed by atoms with Crippen LogP contribution in [0.2, 0.25) is 0 Å². The lowest BCUT2D eigenvalue weighted by Gasteiger charge is -2.35. The number of anilines is 1. The van der Waals surface area contributed by atoms with E-state index in [-0.39, 0.29) is 23.9 Å². The van der Waals surface area contributed by atoms with E-state index < -0.39 is 11.5 Å². The van der Waals surface area contributed by atoms with Crippen molar-refractivity contribution in [3.8, 4) is 5.75 Å². The van der Waals surface area contributed by atoms with Gasteiger partial charge in [0.15, 0.2) is 6.29 Å². The largest absolute Gasteiger partial charge is 0.497 e. The van der Waals surface area contributed by atoms with Crippen LogP contribution in [0.3, 0.4) is 0 Å². The molecule has 0 aliphatic carbocycles. The van der Waals surface area contributed by atoms with Gasteiger partial charge in [0.2, 0.25) is 0 Å². The Morgan fingerprint density at radius 3 is 2.30 bits per heavy atom. The zero-order valence-electron chi connectivity index (χ0n) is 25.8. The maximum Gasteiger partial charge on any atom is 0.410 e. The highest BCUT2D eigenvalue weighted by Gasteiger charge is 2.25. The van der Waals surface area contributed by atoms with Crippen LogP contribution >= 0.6 is 0 Å². The zero-order chi connectivity index (χ0) is 31.6. The Morgan fingerprint density at radius 1 is 1.05 bits per heavy atom. The van der Waals surface area contributed by atoms with Crippen molar-refractivity contribution in [3.05, 3.63) is 65.4 Å². The van der Waals surface area contributed by atoms with Gasteiger partial charge >= 0.3 is 6.09 Å². The number of benzene rings is 2. The molecule has 0 bridgehead atoms. The van der Waals surface area contributed by atoms with Crippen molar-refractivity contribution in [2.24, 2.45) is 16.5 Å². The zero-order valence-corrected chi connectivity index (χ0v) is 25.8. The predicted octanol–water partition coefficient (Wildman–Crippen LogP) is 3.29. The molecule has 3 rings (SSSR count). The molecule has 2 aromatic carbocycles. The Morgan fingerprint density at radius 2 is 1.72 bits per heavy atom. The molecule has 0 spiro atoms. The number of ether oxygens (including phenoxy) is 2. The van der Waals surface area contributed by atoms with Gasteiger partial charge in [-0.25, -0.2) is 9.79 Å². The van der Waals surface area contributed by atoms with E-state index in [1.54, 1.807) is 36.3 Å². The fourth-order valence-corrected chi connectivity index (χ4v) is 4.64. The normalized spacial score (nSPS) is 15.0. The van der Waals surface area contributed by atoms with Gasteiger partial charge < -0.3 is 30.7 Å². The highest BCUT2D eigenvalue weighted by atomic mass is 16.6. The maximum absolute atomic E-state index is 12.3. The van der Waals surface area contributed by atoms with Gasteiger partial charge in [-0.15, -0.1) is 0 Å². The summed E-state index contributed by atoms with van der Waals surface area (Å²) in [6.45, 7) is 9.85. The molecule has 0 atom stereocenters. The molecule has 11 nitrogen and oxygen atoms in total. The van der Waals surface area contributed by atoms with E-state index in [9.17, 15) is 14.4 Å². The van der Waals surface area contributed by atoms with E-state index >= 15 is 0 Å². The Labute approximate surface area is 254 Å².